The minimum absolute atomic E-state index is 0.0203. The van der Waals surface area contributed by atoms with Crippen molar-refractivity contribution >= 4 is 9.84 Å². The number of aromatic nitrogens is 4. The fourth-order valence-electron chi connectivity index (χ4n) is 4.30. The van der Waals surface area contributed by atoms with Crippen molar-refractivity contribution < 1.29 is 8.42 Å². The van der Waals surface area contributed by atoms with Gasteiger partial charge in [-0.1, -0.05) is 13.8 Å². The molecule has 4 heterocycles. The Bertz CT molecular complexity index is 860. The van der Waals surface area contributed by atoms with Crippen LogP contribution in [0.4, 0.5) is 0 Å². The SMILES string of the molecule is CC(C)Cc1cc(CN2CCN(Cc3ncc[nH]3)[C@@H]3CS(=O)(=O)C[C@@H]32)[nH]n1. The minimum Gasteiger partial charge on any atom is -0.348 e. The minimum atomic E-state index is -3.02. The molecule has 2 aromatic heterocycles. The zero-order valence-electron chi connectivity index (χ0n) is 15.9. The molecule has 2 N–H and O–H groups in total. The lowest BCUT2D eigenvalue weighted by Crippen LogP contribution is -2.58. The summed E-state index contributed by atoms with van der Waals surface area (Å²) in [5.41, 5.74) is 2.14. The van der Waals surface area contributed by atoms with E-state index >= 15 is 0 Å². The van der Waals surface area contributed by atoms with Crippen molar-refractivity contribution in [1.29, 1.82) is 0 Å². The van der Waals surface area contributed by atoms with Gasteiger partial charge in [0.1, 0.15) is 5.82 Å². The fraction of sp³-hybridized carbons (Fsp3) is 0.667. The zero-order chi connectivity index (χ0) is 19.0. The van der Waals surface area contributed by atoms with Crippen LogP contribution in [0.15, 0.2) is 18.5 Å². The lowest BCUT2D eigenvalue weighted by atomic mass is 10.0. The van der Waals surface area contributed by atoms with E-state index in [1.807, 2.05) is 0 Å². The highest BCUT2D eigenvalue weighted by molar-refractivity contribution is 7.91. The maximum Gasteiger partial charge on any atom is 0.153 e. The van der Waals surface area contributed by atoms with Crippen molar-refractivity contribution in [1.82, 2.24) is 30.0 Å². The Morgan fingerprint density at radius 2 is 1.89 bits per heavy atom. The quantitative estimate of drug-likeness (QED) is 0.755. The Kier molecular flexibility index (Phi) is 5.09. The van der Waals surface area contributed by atoms with Gasteiger partial charge in [-0.15, -0.1) is 0 Å². The third-order valence-electron chi connectivity index (χ3n) is 5.49. The Hall–Kier alpha value is -1.71. The topological polar surface area (TPSA) is 98.0 Å². The Balaban J connectivity index is 1.48. The number of sulfone groups is 1. The summed E-state index contributed by atoms with van der Waals surface area (Å²) >= 11 is 0. The van der Waals surface area contributed by atoms with Crippen LogP contribution >= 0.6 is 0 Å². The van der Waals surface area contributed by atoms with Gasteiger partial charge in [0.05, 0.1) is 23.7 Å². The molecular formula is C18H28N6O2S. The first kappa shape index (κ1) is 18.6. The second kappa shape index (κ2) is 7.37. The molecule has 9 heteroatoms. The molecule has 0 aromatic carbocycles. The van der Waals surface area contributed by atoms with Crippen LogP contribution in [0.1, 0.15) is 31.1 Å². The van der Waals surface area contributed by atoms with Crippen molar-refractivity contribution in [2.45, 2.75) is 45.4 Å². The number of rotatable bonds is 6. The lowest BCUT2D eigenvalue weighted by Gasteiger charge is -2.43. The highest BCUT2D eigenvalue weighted by Gasteiger charge is 2.46. The summed E-state index contributed by atoms with van der Waals surface area (Å²) in [7, 11) is -3.02. The molecule has 2 fully saturated rings. The van der Waals surface area contributed by atoms with Gasteiger partial charge in [-0.3, -0.25) is 14.9 Å². The van der Waals surface area contributed by atoms with Gasteiger partial charge in [0.2, 0.25) is 0 Å². The molecule has 27 heavy (non-hydrogen) atoms. The summed E-state index contributed by atoms with van der Waals surface area (Å²) in [6.45, 7) is 7.43. The third kappa shape index (κ3) is 4.25. The second-order valence-electron chi connectivity index (χ2n) is 8.17. The number of hydrogen-bond donors (Lipinski definition) is 2. The maximum absolute atomic E-state index is 12.4. The third-order valence-corrected chi connectivity index (χ3v) is 7.19. The van der Waals surface area contributed by atoms with E-state index in [0.29, 0.717) is 12.5 Å². The van der Waals surface area contributed by atoms with Crippen LogP contribution in [0.5, 0.6) is 0 Å². The van der Waals surface area contributed by atoms with E-state index < -0.39 is 9.84 Å². The number of aromatic amines is 2. The number of H-pyrrole nitrogens is 2. The van der Waals surface area contributed by atoms with E-state index in [1.165, 1.54) is 0 Å². The molecule has 2 atom stereocenters. The summed E-state index contributed by atoms with van der Waals surface area (Å²) in [4.78, 5) is 12.0. The first-order valence-electron chi connectivity index (χ1n) is 9.59. The van der Waals surface area contributed by atoms with Gasteiger partial charge in [-0.25, -0.2) is 13.4 Å². The highest BCUT2D eigenvalue weighted by atomic mass is 32.2. The number of nitrogens with zero attached hydrogens (tertiary/aromatic N) is 4. The molecule has 2 aliphatic rings. The molecule has 2 aromatic rings. The standard InChI is InChI=1S/C18H28N6O2S/c1-13(2)7-14-8-15(22-21-14)9-23-5-6-24(10-18-19-3-4-20-18)17-12-27(25,26)11-16(17)23/h3-4,8,13,16-17H,5-7,9-12H2,1-2H3,(H,19,20)(H,21,22)/t16-,17+/m0/s1. The Labute approximate surface area is 160 Å². The van der Waals surface area contributed by atoms with Crippen LogP contribution < -0.4 is 0 Å². The van der Waals surface area contributed by atoms with Crippen molar-refractivity contribution in [3.63, 3.8) is 0 Å². The van der Waals surface area contributed by atoms with Crippen LogP contribution in [0.25, 0.3) is 0 Å². The van der Waals surface area contributed by atoms with Gasteiger partial charge >= 0.3 is 0 Å². The first-order chi connectivity index (χ1) is 12.9. The van der Waals surface area contributed by atoms with Gasteiger partial charge in [-0.2, -0.15) is 5.10 Å². The molecule has 0 aliphatic carbocycles. The van der Waals surface area contributed by atoms with Crippen LogP contribution in [0.2, 0.25) is 0 Å². The van der Waals surface area contributed by atoms with E-state index in [4.69, 9.17) is 0 Å². The molecule has 0 bridgehead atoms. The number of hydrogen-bond acceptors (Lipinski definition) is 6. The summed E-state index contributed by atoms with van der Waals surface area (Å²) in [6, 6.07) is 2.16. The summed E-state index contributed by atoms with van der Waals surface area (Å²) in [5, 5.41) is 7.54. The Morgan fingerprint density at radius 3 is 2.52 bits per heavy atom. The van der Waals surface area contributed by atoms with Gasteiger partial charge in [-0.05, 0) is 18.4 Å². The van der Waals surface area contributed by atoms with E-state index in [2.05, 4.69) is 49.9 Å². The largest absolute Gasteiger partial charge is 0.348 e. The van der Waals surface area contributed by atoms with Crippen LogP contribution in [0, 0.1) is 5.92 Å². The average molecular weight is 393 g/mol. The smallest absolute Gasteiger partial charge is 0.153 e. The van der Waals surface area contributed by atoms with Crippen molar-refractivity contribution in [2.75, 3.05) is 24.6 Å². The van der Waals surface area contributed by atoms with Gasteiger partial charge in [0.15, 0.2) is 9.84 Å². The van der Waals surface area contributed by atoms with Crippen LogP contribution in [-0.2, 0) is 29.3 Å². The molecule has 4 rings (SSSR count). The monoisotopic (exact) mass is 392 g/mol. The predicted octanol–water partition coefficient (Wildman–Crippen LogP) is 0.815. The summed E-state index contributed by atoms with van der Waals surface area (Å²) < 4.78 is 24.7. The molecule has 2 aliphatic heterocycles. The molecular weight excluding hydrogens is 364 g/mol. The van der Waals surface area contributed by atoms with Crippen molar-refractivity contribution in [2.24, 2.45) is 5.92 Å². The average Bonchev–Trinajstić information content (AvgIpc) is 3.29. The van der Waals surface area contributed by atoms with Crippen molar-refractivity contribution in [3.05, 3.63) is 35.7 Å². The number of nitrogens with one attached hydrogen (secondary N) is 2. The predicted molar refractivity (Wildman–Crippen MR) is 103 cm³/mol. The molecule has 8 nitrogen and oxygen atoms in total. The summed E-state index contributed by atoms with van der Waals surface area (Å²) in [6.07, 6.45) is 4.50. The molecule has 0 spiro atoms. The summed E-state index contributed by atoms with van der Waals surface area (Å²) in [5.74, 6) is 1.92. The molecule has 2 saturated heterocycles. The number of imidazole rings is 1. The molecule has 0 unspecified atom stereocenters. The molecule has 148 valence electrons. The number of fused-ring (bicyclic) bond motifs is 1. The van der Waals surface area contributed by atoms with Gasteiger partial charge in [0.25, 0.3) is 0 Å². The van der Waals surface area contributed by atoms with Gasteiger partial charge in [0, 0.05) is 49.8 Å². The molecule has 0 saturated carbocycles. The van der Waals surface area contributed by atoms with Crippen LogP contribution in [-0.4, -0.2) is 75.1 Å². The molecule has 0 radical (unpaired) electrons. The van der Waals surface area contributed by atoms with Gasteiger partial charge < -0.3 is 4.98 Å². The van der Waals surface area contributed by atoms with Crippen LogP contribution in [0.3, 0.4) is 0 Å². The van der Waals surface area contributed by atoms with E-state index in [0.717, 1.165) is 43.3 Å². The highest BCUT2D eigenvalue weighted by Crippen LogP contribution is 2.29. The van der Waals surface area contributed by atoms with E-state index in [1.54, 1.807) is 12.4 Å². The second-order valence-corrected chi connectivity index (χ2v) is 10.3. The fourth-order valence-corrected chi connectivity index (χ4v) is 6.34. The number of piperazine rings is 1. The van der Waals surface area contributed by atoms with E-state index in [9.17, 15) is 8.42 Å². The first-order valence-corrected chi connectivity index (χ1v) is 11.4. The van der Waals surface area contributed by atoms with E-state index in [-0.39, 0.29) is 23.6 Å². The normalized spacial score (nSPS) is 25.9. The zero-order valence-corrected chi connectivity index (χ0v) is 16.7. The maximum atomic E-state index is 12.4. The molecule has 0 amide bonds. The lowest BCUT2D eigenvalue weighted by molar-refractivity contribution is 0.0334. The van der Waals surface area contributed by atoms with Crippen molar-refractivity contribution in [3.8, 4) is 0 Å². The Morgan fingerprint density at radius 1 is 1.19 bits per heavy atom.